The molecule has 0 saturated carbocycles. The Morgan fingerprint density at radius 2 is 1.93 bits per heavy atom. The fourth-order valence-electron chi connectivity index (χ4n) is 2.72. The summed E-state index contributed by atoms with van der Waals surface area (Å²) in [5.41, 5.74) is 1.73. The van der Waals surface area contributed by atoms with Gasteiger partial charge in [0.1, 0.15) is 11.6 Å². The lowest BCUT2D eigenvalue weighted by atomic mass is 10.1. The van der Waals surface area contributed by atoms with Gasteiger partial charge in [0.2, 0.25) is 5.91 Å². The van der Waals surface area contributed by atoms with E-state index < -0.39 is 5.82 Å². The molecule has 0 unspecified atom stereocenters. The molecule has 0 fully saturated rings. The number of hydrogen-bond acceptors (Lipinski definition) is 3. The normalized spacial score (nSPS) is 10.9. The monoisotopic (exact) mass is 440 g/mol. The van der Waals surface area contributed by atoms with E-state index >= 15 is 0 Å². The summed E-state index contributed by atoms with van der Waals surface area (Å²) in [6, 6.07) is 7.69. The maximum absolute atomic E-state index is 13.9. The summed E-state index contributed by atoms with van der Waals surface area (Å²) in [5.74, 6) is 0.223. The van der Waals surface area contributed by atoms with Gasteiger partial charge in [-0.2, -0.15) is 0 Å². The van der Waals surface area contributed by atoms with E-state index in [4.69, 9.17) is 34.8 Å². The van der Waals surface area contributed by atoms with E-state index in [-0.39, 0.29) is 17.5 Å². The third-order valence-electron chi connectivity index (χ3n) is 4.01. The number of rotatable bonds is 5. The Bertz CT molecular complexity index is 1050. The van der Waals surface area contributed by atoms with Crippen molar-refractivity contribution in [1.29, 1.82) is 0 Å². The minimum Gasteiger partial charge on any atom is -0.352 e. The summed E-state index contributed by atoms with van der Waals surface area (Å²) >= 11 is 18.3. The van der Waals surface area contributed by atoms with Crippen molar-refractivity contribution in [3.8, 4) is 17.1 Å². The van der Waals surface area contributed by atoms with Crippen molar-refractivity contribution in [2.45, 2.75) is 26.8 Å². The Kier molecular flexibility index (Phi) is 6.23. The zero-order chi connectivity index (χ0) is 20.4. The van der Waals surface area contributed by atoms with Crippen LogP contribution in [0.3, 0.4) is 0 Å². The van der Waals surface area contributed by atoms with Crippen LogP contribution >= 0.6 is 34.8 Å². The summed E-state index contributed by atoms with van der Waals surface area (Å²) in [4.78, 5) is 15.9. The highest BCUT2D eigenvalue weighted by Crippen LogP contribution is 2.31. The number of aromatic nitrogens is 3. The van der Waals surface area contributed by atoms with Gasteiger partial charge in [-0.1, -0.05) is 41.7 Å². The number of amides is 1. The highest BCUT2D eigenvalue weighted by atomic mass is 35.5. The molecule has 0 bridgehead atoms. The zero-order valence-electron chi connectivity index (χ0n) is 15.1. The van der Waals surface area contributed by atoms with Crippen LogP contribution in [0, 0.1) is 5.82 Å². The highest BCUT2D eigenvalue weighted by molar-refractivity contribution is 6.36. The van der Waals surface area contributed by atoms with Gasteiger partial charge in [-0.05, 0) is 30.3 Å². The molecule has 1 amide bonds. The van der Waals surface area contributed by atoms with Gasteiger partial charge in [-0.3, -0.25) is 4.79 Å². The predicted molar refractivity (Wildman–Crippen MR) is 109 cm³/mol. The van der Waals surface area contributed by atoms with E-state index in [9.17, 15) is 9.18 Å². The molecule has 0 aliphatic heterocycles. The number of halogens is 4. The predicted octanol–water partition coefficient (Wildman–Crippen LogP) is 5.23. The molecule has 0 radical (unpaired) electrons. The van der Waals surface area contributed by atoms with Crippen molar-refractivity contribution in [3.05, 3.63) is 62.6 Å². The van der Waals surface area contributed by atoms with Crippen molar-refractivity contribution >= 4 is 40.7 Å². The molecule has 1 heterocycles. The van der Waals surface area contributed by atoms with Gasteiger partial charge in [0.15, 0.2) is 5.82 Å². The summed E-state index contributed by atoms with van der Waals surface area (Å²) in [6.45, 7) is 3.56. The maximum Gasteiger partial charge on any atom is 0.217 e. The number of hydrogen-bond donors (Lipinski definition) is 1. The van der Waals surface area contributed by atoms with Crippen LogP contribution in [0.1, 0.15) is 25.2 Å². The van der Waals surface area contributed by atoms with Crippen LogP contribution in [0.15, 0.2) is 30.3 Å². The van der Waals surface area contributed by atoms with Crippen LogP contribution < -0.4 is 5.32 Å². The van der Waals surface area contributed by atoms with Crippen molar-refractivity contribution in [3.63, 3.8) is 0 Å². The molecule has 9 heteroatoms. The van der Waals surface area contributed by atoms with Crippen LogP contribution in [0.4, 0.5) is 4.39 Å². The molecule has 3 aromatic rings. The molecule has 1 N–H and O–H groups in total. The molecule has 3 rings (SSSR count). The van der Waals surface area contributed by atoms with Crippen LogP contribution in [-0.2, 0) is 17.8 Å². The van der Waals surface area contributed by atoms with Gasteiger partial charge >= 0.3 is 0 Å². The molecule has 5 nitrogen and oxygen atoms in total. The standard InChI is InChI=1S/C19H16Cl3FN4O/c1-3-17-25-19(11-4-5-14(21)16(23)7-11)26-27(17)18-12(9-24-10(2)28)6-13(20)8-15(18)22/h4-8H,3,9H2,1-2H3,(H,24,28). The van der Waals surface area contributed by atoms with Gasteiger partial charge in [0.25, 0.3) is 0 Å². The molecule has 28 heavy (non-hydrogen) atoms. The molecule has 0 aliphatic rings. The highest BCUT2D eigenvalue weighted by Gasteiger charge is 2.19. The first-order chi connectivity index (χ1) is 13.3. The maximum atomic E-state index is 13.9. The first kappa shape index (κ1) is 20.6. The fraction of sp³-hybridized carbons (Fsp3) is 0.211. The average Bonchev–Trinajstić information content (AvgIpc) is 3.05. The minimum atomic E-state index is -0.551. The molecule has 0 saturated heterocycles. The molecule has 1 aromatic heterocycles. The number of benzene rings is 2. The molecule has 0 aliphatic carbocycles. The number of carbonyl (C=O) groups is 1. The molecule has 146 valence electrons. The number of carbonyl (C=O) groups excluding carboxylic acids is 1. The number of nitrogens with zero attached hydrogens (tertiary/aromatic N) is 3. The topological polar surface area (TPSA) is 59.8 Å². The molecule has 0 atom stereocenters. The van der Waals surface area contributed by atoms with Gasteiger partial charge in [-0.15, -0.1) is 5.10 Å². The van der Waals surface area contributed by atoms with Gasteiger partial charge in [-0.25, -0.2) is 14.1 Å². The Balaban J connectivity index is 2.14. The van der Waals surface area contributed by atoms with Crippen molar-refractivity contribution in [2.24, 2.45) is 0 Å². The Morgan fingerprint density at radius 1 is 1.18 bits per heavy atom. The Labute approximate surface area is 176 Å². The number of aryl methyl sites for hydroxylation is 1. The molecule has 0 spiro atoms. The lowest BCUT2D eigenvalue weighted by molar-refractivity contribution is -0.119. The second-order valence-electron chi connectivity index (χ2n) is 6.05. The lowest BCUT2D eigenvalue weighted by Gasteiger charge is -2.14. The second-order valence-corrected chi connectivity index (χ2v) is 7.30. The molecular formula is C19H16Cl3FN4O. The Morgan fingerprint density at radius 3 is 2.57 bits per heavy atom. The molecular weight excluding hydrogens is 426 g/mol. The van der Waals surface area contributed by atoms with E-state index in [1.165, 1.54) is 19.1 Å². The summed E-state index contributed by atoms with van der Waals surface area (Å²) in [5, 5.41) is 8.09. The summed E-state index contributed by atoms with van der Waals surface area (Å²) < 4.78 is 15.5. The van der Waals surface area contributed by atoms with Crippen molar-refractivity contribution in [2.75, 3.05) is 0 Å². The first-order valence-corrected chi connectivity index (χ1v) is 9.57. The smallest absolute Gasteiger partial charge is 0.217 e. The van der Waals surface area contributed by atoms with Crippen molar-refractivity contribution < 1.29 is 9.18 Å². The third kappa shape index (κ3) is 4.29. The van der Waals surface area contributed by atoms with Crippen LogP contribution in [0.5, 0.6) is 0 Å². The summed E-state index contributed by atoms with van der Waals surface area (Å²) in [6.07, 6.45) is 0.557. The van der Waals surface area contributed by atoms with E-state index in [0.717, 1.165) is 0 Å². The number of nitrogens with one attached hydrogen (secondary N) is 1. The van der Waals surface area contributed by atoms with E-state index in [2.05, 4.69) is 15.4 Å². The van der Waals surface area contributed by atoms with Crippen LogP contribution in [0.25, 0.3) is 17.1 Å². The Hall–Kier alpha value is -2.15. The average molecular weight is 442 g/mol. The largest absolute Gasteiger partial charge is 0.352 e. The van der Waals surface area contributed by atoms with Gasteiger partial charge < -0.3 is 5.32 Å². The SMILES string of the molecule is CCc1nc(-c2ccc(Cl)c(F)c2)nn1-c1c(Cl)cc(Cl)cc1CNC(C)=O. The van der Waals surface area contributed by atoms with Gasteiger partial charge in [0.05, 0.1) is 15.7 Å². The summed E-state index contributed by atoms with van der Waals surface area (Å²) in [7, 11) is 0. The van der Waals surface area contributed by atoms with Crippen molar-refractivity contribution in [1.82, 2.24) is 20.1 Å². The van der Waals surface area contributed by atoms with E-state index in [1.54, 1.807) is 22.9 Å². The zero-order valence-corrected chi connectivity index (χ0v) is 17.3. The second kappa shape index (κ2) is 8.47. The fourth-order valence-corrected chi connectivity index (χ4v) is 3.45. The van der Waals surface area contributed by atoms with E-state index in [1.807, 2.05) is 6.92 Å². The minimum absolute atomic E-state index is 0.0252. The van der Waals surface area contributed by atoms with Crippen LogP contribution in [-0.4, -0.2) is 20.7 Å². The third-order valence-corrected chi connectivity index (χ3v) is 4.83. The quantitative estimate of drug-likeness (QED) is 0.589. The van der Waals surface area contributed by atoms with Gasteiger partial charge in [0, 0.05) is 36.0 Å². The van der Waals surface area contributed by atoms with Crippen LogP contribution in [0.2, 0.25) is 15.1 Å². The first-order valence-electron chi connectivity index (χ1n) is 8.44. The lowest BCUT2D eigenvalue weighted by Crippen LogP contribution is -2.20. The van der Waals surface area contributed by atoms with E-state index in [0.29, 0.717) is 44.9 Å². The molecule has 2 aromatic carbocycles.